The summed E-state index contributed by atoms with van der Waals surface area (Å²) in [6.07, 6.45) is 1.88. The summed E-state index contributed by atoms with van der Waals surface area (Å²) in [4.78, 5) is 6.64. The van der Waals surface area contributed by atoms with Gasteiger partial charge in [0.15, 0.2) is 0 Å². The number of hydrogen-bond acceptors (Lipinski definition) is 3. The lowest BCUT2D eigenvalue weighted by atomic mass is 10.1. The van der Waals surface area contributed by atoms with E-state index in [4.69, 9.17) is 0 Å². The van der Waals surface area contributed by atoms with E-state index in [-0.39, 0.29) is 0 Å². The number of nitrogens with one attached hydrogen (secondary N) is 1. The molecule has 2 aromatic rings. The maximum Gasteiger partial charge on any atom is 0.0456 e. The summed E-state index contributed by atoms with van der Waals surface area (Å²) in [6.45, 7) is 4.96. The minimum Gasteiger partial charge on any atom is -0.340 e. The Morgan fingerprint density at radius 3 is 3.00 bits per heavy atom. The van der Waals surface area contributed by atoms with Gasteiger partial charge in [-0.2, -0.15) is 0 Å². The van der Waals surface area contributed by atoms with E-state index in [1.165, 1.54) is 16.9 Å². The Kier molecular flexibility index (Phi) is 2.99. The van der Waals surface area contributed by atoms with E-state index in [0.717, 1.165) is 25.3 Å². The molecular weight excluding hydrogens is 222 g/mol. The predicted molar refractivity (Wildman–Crippen MR) is 74.1 cm³/mol. The minimum absolute atomic E-state index is 0.941. The highest BCUT2D eigenvalue weighted by molar-refractivity contribution is 5.67. The first-order valence-electron chi connectivity index (χ1n) is 6.33. The molecule has 1 aliphatic heterocycles. The van der Waals surface area contributed by atoms with Crippen molar-refractivity contribution in [1.29, 1.82) is 0 Å². The van der Waals surface area contributed by atoms with E-state index in [2.05, 4.69) is 51.6 Å². The van der Waals surface area contributed by atoms with Gasteiger partial charge in [0.1, 0.15) is 0 Å². The number of nitrogens with zero attached hydrogens (tertiary/aromatic N) is 2. The van der Waals surface area contributed by atoms with Crippen LogP contribution in [0.3, 0.4) is 0 Å². The molecule has 1 N–H and O–H groups in total. The van der Waals surface area contributed by atoms with Crippen molar-refractivity contribution in [3.8, 4) is 0 Å². The number of anilines is 2. The fourth-order valence-electron chi connectivity index (χ4n) is 2.42. The molecule has 2 heterocycles. The van der Waals surface area contributed by atoms with E-state index in [1.54, 1.807) is 0 Å². The molecule has 0 saturated carbocycles. The number of pyridine rings is 1. The summed E-state index contributed by atoms with van der Waals surface area (Å²) < 4.78 is 0. The fourth-order valence-corrected chi connectivity index (χ4v) is 2.42. The third-order valence-corrected chi connectivity index (χ3v) is 3.30. The first kappa shape index (κ1) is 11.2. The van der Waals surface area contributed by atoms with Crippen LogP contribution >= 0.6 is 0 Å². The molecule has 0 bridgehead atoms. The number of hydrogen-bond donors (Lipinski definition) is 1. The molecule has 0 radical (unpaired) electrons. The van der Waals surface area contributed by atoms with Crippen LogP contribution in [0.25, 0.3) is 0 Å². The largest absolute Gasteiger partial charge is 0.340 e. The zero-order valence-corrected chi connectivity index (χ0v) is 10.6. The summed E-state index contributed by atoms with van der Waals surface area (Å²) in [5.74, 6) is 0. The molecule has 0 saturated heterocycles. The van der Waals surface area contributed by atoms with Gasteiger partial charge in [-0.15, -0.1) is 0 Å². The molecule has 0 aliphatic carbocycles. The van der Waals surface area contributed by atoms with Crippen molar-refractivity contribution < 1.29 is 0 Å². The molecule has 1 aliphatic rings. The van der Waals surface area contributed by atoms with Gasteiger partial charge in [-0.05, 0) is 30.7 Å². The molecular formula is C15H17N3. The maximum absolute atomic E-state index is 4.27. The van der Waals surface area contributed by atoms with Crippen LogP contribution in [0.1, 0.15) is 11.3 Å². The molecule has 0 amide bonds. The molecule has 1 aromatic carbocycles. The van der Waals surface area contributed by atoms with Crippen molar-refractivity contribution >= 4 is 11.4 Å². The highest BCUT2D eigenvalue weighted by Crippen LogP contribution is 2.29. The number of fused-ring (bicyclic) bond motifs is 1. The van der Waals surface area contributed by atoms with E-state index in [0.29, 0.717) is 0 Å². The summed E-state index contributed by atoms with van der Waals surface area (Å²) >= 11 is 0. The van der Waals surface area contributed by atoms with Crippen molar-refractivity contribution in [3.63, 3.8) is 0 Å². The molecule has 3 heteroatoms. The summed E-state index contributed by atoms with van der Waals surface area (Å²) in [7, 11) is 0. The lowest BCUT2D eigenvalue weighted by Crippen LogP contribution is -2.24. The monoisotopic (exact) mass is 239 g/mol. The van der Waals surface area contributed by atoms with Crippen LogP contribution in [-0.4, -0.2) is 18.1 Å². The Morgan fingerprint density at radius 2 is 2.11 bits per heavy atom. The summed E-state index contributed by atoms with van der Waals surface area (Å²) in [6, 6.07) is 12.8. The van der Waals surface area contributed by atoms with E-state index in [9.17, 15) is 0 Å². The van der Waals surface area contributed by atoms with Crippen LogP contribution in [0.15, 0.2) is 42.6 Å². The lowest BCUT2D eigenvalue weighted by molar-refractivity contribution is 0.712. The second kappa shape index (κ2) is 4.78. The molecule has 3 rings (SSSR count). The molecule has 18 heavy (non-hydrogen) atoms. The average molecular weight is 239 g/mol. The van der Waals surface area contributed by atoms with Crippen LogP contribution in [0, 0.1) is 6.92 Å². The zero-order chi connectivity index (χ0) is 12.4. The van der Waals surface area contributed by atoms with Crippen LogP contribution in [0.5, 0.6) is 0 Å². The number of benzene rings is 1. The minimum atomic E-state index is 0.941. The van der Waals surface area contributed by atoms with Crippen LogP contribution in [0.2, 0.25) is 0 Å². The van der Waals surface area contributed by atoms with E-state index < -0.39 is 0 Å². The molecule has 0 unspecified atom stereocenters. The van der Waals surface area contributed by atoms with Gasteiger partial charge < -0.3 is 10.2 Å². The second-order valence-corrected chi connectivity index (χ2v) is 4.61. The number of aromatic nitrogens is 1. The van der Waals surface area contributed by atoms with Crippen molar-refractivity contribution in [3.05, 3.63) is 53.9 Å². The predicted octanol–water partition coefficient (Wildman–Crippen LogP) is 2.63. The Hall–Kier alpha value is -1.87. The fraction of sp³-hybridized carbons (Fsp3) is 0.267. The Morgan fingerprint density at radius 1 is 1.22 bits per heavy atom. The molecule has 0 spiro atoms. The highest BCUT2D eigenvalue weighted by Gasteiger charge is 2.15. The normalized spacial score (nSPS) is 15.1. The summed E-state index contributed by atoms with van der Waals surface area (Å²) in [5, 5.41) is 3.46. The first-order valence-corrected chi connectivity index (χ1v) is 6.33. The lowest BCUT2D eigenvalue weighted by Gasteiger charge is -2.24. The smallest absolute Gasteiger partial charge is 0.0456 e. The third-order valence-electron chi connectivity index (χ3n) is 3.30. The SMILES string of the molecule is Cc1cc(N2CCNCc3ccccc32)ccn1. The molecule has 92 valence electrons. The standard InChI is InChI=1S/C15H17N3/c1-12-10-14(6-7-17-12)18-9-8-16-11-13-4-2-3-5-15(13)18/h2-7,10,16H,8-9,11H2,1H3. The highest BCUT2D eigenvalue weighted by atomic mass is 15.2. The van der Waals surface area contributed by atoms with Crippen LogP contribution < -0.4 is 10.2 Å². The summed E-state index contributed by atoms with van der Waals surface area (Å²) in [5.41, 5.74) is 4.93. The van der Waals surface area contributed by atoms with Gasteiger partial charge >= 0.3 is 0 Å². The van der Waals surface area contributed by atoms with Crippen LogP contribution in [-0.2, 0) is 6.54 Å². The van der Waals surface area contributed by atoms with Crippen molar-refractivity contribution in [1.82, 2.24) is 10.3 Å². The van der Waals surface area contributed by atoms with Crippen molar-refractivity contribution in [2.45, 2.75) is 13.5 Å². The van der Waals surface area contributed by atoms with Gasteiger partial charge in [-0.25, -0.2) is 0 Å². The maximum atomic E-state index is 4.27. The zero-order valence-electron chi connectivity index (χ0n) is 10.6. The molecule has 3 nitrogen and oxygen atoms in total. The van der Waals surface area contributed by atoms with Gasteiger partial charge in [0, 0.05) is 42.9 Å². The van der Waals surface area contributed by atoms with E-state index in [1.807, 2.05) is 13.1 Å². The topological polar surface area (TPSA) is 28.2 Å². The molecule has 0 atom stereocenters. The number of rotatable bonds is 1. The van der Waals surface area contributed by atoms with Crippen molar-refractivity contribution in [2.75, 3.05) is 18.0 Å². The van der Waals surface area contributed by atoms with Crippen molar-refractivity contribution in [2.24, 2.45) is 0 Å². The average Bonchev–Trinajstić information content (AvgIpc) is 2.61. The Bertz CT molecular complexity index is 551. The number of aryl methyl sites for hydroxylation is 1. The van der Waals surface area contributed by atoms with Gasteiger partial charge in [0.05, 0.1) is 0 Å². The van der Waals surface area contributed by atoms with E-state index >= 15 is 0 Å². The third kappa shape index (κ3) is 2.09. The van der Waals surface area contributed by atoms with Gasteiger partial charge in [-0.3, -0.25) is 4.98 Å². The first-order chi connectivity index (χ1) is 8.84. The van der Waals surface area contributed by atoms with Gasteiger partial charge in [0.2, 0.25) is 0 Å². The van der Waals surface area contributed by atoms with Gasteiger partial charge in [0.25, 0.3) is 0 Å². The second-order valence-electron chi connectivity index (χ2n) is 4.61. The quantitative estimate of drug-likeness (QED) is 0.829. The molecule has 0 fully saturated rings. The Labute approximate surface area is 107 Å². The van der Waals surface area contributed by atoms with Gasteiger partial charge in [-0.1, -0.05) is 18.2 Å². The number of para-hydroxylation sites is 1. The van der Waals surface area contributed by atoms with Crippen LogP contribution in [0.4, 0.5) is 11.4 Å². The Balaban J connectivity index is 2.06. The molecule has 1 aromatic heterocycles.